The normalized spacial score (nSPS) is 15.7. The molecule has 2 aromatic carbocycles. The Kier molecular flexibility index (Phi) is 7.67. The molecule has 1 aliphatic rings. The van der Waals surface area contributed by atoms with Gasteiger partial charge in [0.2, 0.25) is 0 Å². The minimum absolute atomic E-state index is 0.286. The molecule has 194 valence electrons. The average Bonchev–Trinajstić information content (AvgIpc) is 2.83. The van der Waals surface area contributed by atoms with Crippen molar-refractivity contribution in [2.45, 2.75) is 12.7 Å². The van der Waals surface area contributed by atoms with Gasteiger partial charge in [0.1, 0.15) is 5.82 Å². The molecule has 0 aliphatic carbocycles. The van der Waals surface area contributed by atoms with Crippen LogP contribution in [-0.2, 0) is 12.7 Å². The first-order chi connectivity index (χ1) is 17.0. The largest absolute Gasteiger partial charge is 0.416 e. The molecule has 0 amide bonds. The van der Waals surface area contributed by atoms with Crippen molar-refractivity contribution < 1.29 is 13.2 Å². The van der Waals surface area contributed by atoms with Crippen molar-refractivity contribution in [1.82, 2.24) is 24.3 Å². The molecule has 1 fully saturated rings. The zero-order valence-corrected chi connectivity index (χ0v) is 21.2. The first kappa shape index (κ1) is 26.1. The highest BCUT2D eigenvalue weighted by Crippen LogP contribution is 2.30. The summed E-state index contributed by atoms with van der Waals surface area (Å²) in [5, 5.41) is 0.432. The molecular formula is C26H33F3N6O. The summed E-state index contributed by atoms with van der Waals surface area (Å²) in [7, 11) is 8.10. The van der Waals surface area contributed by atoms with E-state index in [1.54, 1.807) is 6.07 Å². The summed E-state index contributed by atoms with van der Waals surface area (Å²) in [5.41, 5.74) is 0.875. The van der Waals surface area contributed by atoms with Crippen LogP contribution < -0.4 is 10.5 Å². The summed E-state index contributed by atoms with van der Waals surface area (Å²) in [5.74, 6) is 0.518. The molecule has 1 aliphatic heterocycles. The number of anilines is 1. The Balaban J connectivity index is 1.78. The zero-order valence-electron chi connectivity index (χ0n) is 21.2. The molecule has 0 unspecified atom stereocenters. The number of benzene rings is 2. The second kappa shape index (κ2) is 10.6. The topological polar surface area (TPSA) is 47.9 Å². The van der Waals surface area contributed by atoms with Gasteiger partial charge in [0.25, 0.3) is 5.56 Å². The number of piperazine rings is 1. The number of hydrogen-bond donors (Lipinski definition) is 0. The zero-order chi connectivity index (χ0) is 26.0. The summed E-state index contributed by atoms with van der Waals surface area (Å²) >= 11 is 0. The Bertz CT molecular complexity index is 1250. The van der Waals surface area contributed by atoms with Crippen LogP contribution in [-0.4, -0.2) is 91.7 Å². The third kappa shape index (κ3) is 5.88. The highest BCUT2D eigenvalue weighted by molar-refractivity contribution is 5.82. The fourth-order valence-corrected chi connectivity index (χ4v) is 4.31. The predicted octanol–water partition coefficient (Wildman–Crippen LogP) is 3.15. The highest BCUT2D eigenvalue weighted by Gasteiger charge is 2.30. The van der Waals surface area contributed by atoms with Gasteiger partial charge in [-0.3, -0.25) is 14.3 Å². The van der Waals surface area contributed by atoms with E-state index < -0.39 is 11.7 Å². The van der Waals surface area contributed by atoms with E-state index in [1.807, 2.05) is 33.3 Å². The van der Waals surface area contributed by atoms with Crippen LogP contribution in [0.1, 0.15) is 11.4 Å². The number of alkyl halides is 3. The van der Waals surface area contributed by atoms with E-state index in [0.29, 0.717) is 29.0 Å². The maximum atomic E-state index is 13.7. The number of rotatable bonds is 7. The Morgan fingerprint density at radius 3 is 2.22 bits per heavy atom. The summed E-state index contributed by atoms with van der Waals surface area (Å²) in [4.78, 5) is 27.2. The molecule has 2 heterocycles. The van der Waals surface area contributed by atoms with Gasteiger partial charge >= 0.3 is 6.18 Å². The maximum Gasteiger partial charge on any atom is 0.416 e. The smallest absolute Gasteiger partial charge is 0.373 e. The van der Waals surface area contributed by atoms with Gasteiger partial charge in [-0.05, 0) is 63.6 Å². The lowest BCUT2D eigenvalue weighted by molar-refractivity contribution is -0.137. The molecule has 0 saturated carbocycles. The van der Waals surface area contributed by atoms with Crippen LogP contribution in [0.5, 0.6) is 0 Å². The molecular weight excluding hydrogens is 469 g/mol. The number of nitrogens with zero attached hydrogens (tertiary/aromatic N) is 6. The van der Waals surface area contributed by atoms with Crippen LogP contribution in [0.4, 0.5) is 18.9 Å². The SMILES string of the molecule is CN(C)CCN(C)c1ccc2c(=O)n(-c3ccc(C(F)(F)F)cc3)c(CN3CCN(C)CC3)nc2c1. The number of likely N-dealkylation sites (N-methyl/N-ethyl adjacent to an activating group) is 3. The van der Waals surface area contributed by atoms with E-state index in [-0.39, 0.29) is 5.56 Å². The van der Waals surface area contributed by atoms with Crippen molar-refractivity contribution in [1.29, 1.82) is 0 Å². The molecule has 4 rings (SSSR count). The van der Waals surface area contributed by atoms with Crippen molar-refractivity contribution >= 4 is 16.6 Å². The minimum Gasteiger partial charge on any atom is -0.373 e. The van der Waals surface area contributed by atoms with E-state index in [1.165, 1.54) is 16.7 Å². The average molecular weight is 503 g/mol. The van der Waals surface area contributed by atoms with Gasteiger partial charge in [0.05, 0.1) is 28.7 Å². The first-order valence-electron chi connectivity index (χ1n) is 12.0. The third-order valence-corrected chi connectivity index (χ3v) is 6.66. The van der Waals surface area contributed by atoms with Crippen molar-refractivity contribution in [2.24, 2.45) is 0 Å². The van der Waals surface area contributed by atoms with Crippen LogP contribution in [0.3, 0.4) is 0 Å². The number of halogens is 3. The van der Waals surface area contributed by atoms with E-state index >= 15 is 0 Å². The quantitative estimate of drug-likeness (QED) is 0.495. The molecule has 0 bridgehead atoms. The Morgan fingerprint density at radius 1 is 0.944 bits per heavy atom. The first-order valence-corrected chi connectivity index (χ1v) is 12.0. The standard InChI is InChI=1S/C26H33F3N6O/c1-31(2)11-14-33(4)21-9-10-22-23(17-21)30-24(18-34-15-12-32(3)13-16-34)35(25(22)36)20-7-5-19(6-8-20)26(27,28)29/h5-10,17H,11-16,18H2,1-4H3. The second-order valence-corrected chi connectivity index (χ2v) is 9.72. The lowest BCUT2D eigenvalue weighted by Crippen LogP contribution is -2.44. The van der Waals surface area contributed by atoms with Crippen LogP contribution in [0, 0.1) is 0 Å². The Hall–Kier alpha value is -2.95. The van der Waals surface area contributed by atoms with Gasteiger partial charge < -0.3 is 14.7 Å². The molecule has 0 N–H and O–H groups in total. The Morgan fingerprint density at radius 2 is 1.61 bits per heavy atom. The van der Waals surface area contributed by atoms with Gasteiger partial charge in [0.15, 0.2) is 0 Å². The van der Waals surface area contributed by atoms with E-state index in [0.717, 1.165) is 57.1 Å². The molecule has 1 aromatic heterocycles. The summed E-state index contributed by atoms with van der Waals surface area (Å²) < 4.78 is 40.9. The van der Waals surface area contributed by atoms with Crippen LogP contribution in [0.15, 0.2) is 47.3 Å². The molecule has 36 heavy (non-hydrogen) atoms. The van der Waals surface area contributed by atoms with Crippen LogP contribution in [0.25, 0.3) is 16.6 Å². The van der Waals surface area contributed by atoms with Crippen molar-refractivity contribution in [3.63, 3.8) is 0 Å². The molecule has 0 atom stereocenters. The predicted molar refractivity (Wildman–Crippen MR) is 137 cm³/mol. The van der Waals surface area contributed by atoms with Crippen molar-refractivity contribution in [3.05, 3.63) is 64.2 Å². The number of hydrogen-bond acceptors (Lipinski definition) is 6. The molecule has 0 spiro atoms. The summed E-state index contributed by atoms with van der Waals surface area (Å²) in [6.45, 7) is 5.58. The molecule has 0 radical (unpaired) electrons. The maximum absolute atomic E-state index is 13.7. The fraction of sp³-hybridized carbons (Fsp3) is 0.462. The monoisotopic (exact) mass is 502 g/mol. The van der Waals surface area contributed by atoms with Gasteiger partial charge in [-0.25, -0.2) is 4.98 Å². The summed E-state index contributed by atoms with van der Waals surface area (Å²) in [6, 6.07) is 10.3. The van der Waals surface area contributed by atoms with E-state index in [4.69, 9.17) is 4.98 Å². The van der Waals surface area contributed by atoms with E-state index in [9.17, 15) is 18.0 Å². The summed E-state index contributed by atoms with van der Waals surface area (Å²) in [6.07, 6.45) is -4.44. The van der Waals surface area contributed by atoms with Gasteiger partial charge in [0, 0.05) is 52.0 Å². The molecule has 10 heteroatoms. The van der Waals surface area contributed by atoms with Crippen LogP contribution >= 0.6 is 0 Å². The third-order valence-electron chi connectivity index (χ3n) is 6.66. The lowest BCUT2D eigenvalue weighted by atomic mass is 10.1. The number of aromatic nitrogens is 2. The molecule has 7 nitrogen and oxygen atoms in total. The van der Waals surface area contributed by atoms with Gasteiger partial charge in [-0.2, -0.15) is 13.2 Å². The Labute approximate surface area is 209 Å². The minimum atomic E-state index is -4.44. The number of fused-ring (bicyclic) bond motifs is 1. The van der Waals surface area contributed by atoms with Crippen LogP contribution in [0.2, 0.25) is 0 Å². The van der Waals surface area contributed by atoms with Gasteiger partial charge in [-0.15, -0.1) is 0 Å². The van der Waals surface area contributed by atoms with Gasteiger partial charge in [-0.1, -0.05) is 0 Å². The fourth-order valence-electron chi connectivity index (χ4n) is 4.31. The molecule has 3 aromatic rings. The molecule has 1 saturated heterocycles. The van der Waals surface area contributed by atoms with E-state index in [2.05, 4.69) is 26.6 Å². The second-order valence-electron chi connectivity index (χ2n) is 9.72. The lowest BCUT2D eigenvalue weighted by Gasteiger charge is -2.32. The van der Waals surface area contributed by atoms with Crippen molar-refractivity contribution in [3.8, 4) is 5.69 Å². The van der Waals surface area contributed by atoms with Crippen molar-refractivity contribution in [2.75, 3.05) is 72.4 Å². The highest BCUT2D eigenvalue weighted by atomic mass is 19.4.